The Morgan fingerprint density at radius 1 is 1.47 bits per heavy atom. The van der Waals surface area contributed by atoms with Crippen LogP contribution in [-0.2, 0) is 13.6 Å². The molecule has 0 bridgehead atoms. The summed E-state index contributed by atoms with van der Waals surface area (Å²) in [6, 6.07) is -0.0298. The molecule has 0 spiro atoms. The van der Waals surface area contributed by atoms with Crippen LogP contribution in [0.1, 0.15) is 25.7 Å². The largest absolute Gasteiger partial charge is 0.375 e. The number of rotatable bonds is 4. The summed E-state index contributed by atoms with van der Waals surface area (Å²) >= 11 is 6.04. The van der Waals surface area contributed by atoms with E-state index in [1.54, 1.807) is 17.1 Å². The molecule has 0 aliphatic carbocycles. The lowest BCUT2D eigenvalue weighted by Gasteiger charge is -2.11. The highest BCUT2D eigenvalue weighted by atomic mass is 35.5. The van der Waals surface area contributed by atoms with Crippen molar-refractivity contribution in [2.45, 2.75) is 26.4 Å². The number of aryl methyl sites for hydroxylation is 1. The van der Waals surface area contributed by atoms with Crippen LogP contribution < -0.4 is 10.9 Å². The fourth-order valence-corrected chi connectivity index (χ4v) is 1.78. The normalized spacial score (nSPS) is 11.0. The second kappa shape index (κ2) is 5.40. The molecule has 0 aliphatic heterocycles. The molecule has 2 heterocycles. The van der Waals surface area contributed by atoms with Gasteiger partial charge < -0.3 is 9.88 Å². The average Bonchev–Trinajstić information content (AvgIpc) is 2.76. The molecule has 0 saturated carbocycles. The van der Waals surface area contributed by atoms with Crippen molar-refractivity contribution < 1.29 is 0 Å². The third kappa shape index (κ3) is 2.76. The Hall–Kier alpha value is -1.89. The Labute approximate surface area is 115 Å². The SMILES string of the molecule is CC(C)n1ncc(NCc2nncn2C)c(Cl)c1=O. The molecule has 0 unspecified atom stereocenters. The minimum absolute atomic E-state index is 0.0298. The van der Waals surface area contributed by atoms with E-state index in [1.165, 1.54) is 4.68 Å². The smallest absolute Gasteiger partial charge is 0.287 e. The Bertz CT molecular complexity index is 632. The standard InChI is InChI=1S/C11H15ClN6O/c1-7(2)18-11(19)10(12)8(4-15-18)13-5-9-16-14-6-17(9)3/h4,6-7,13H,5H2,1-3H3. The topological polar surface area (TPSA) is 77.6 Å². The zero-order valence-electron chi connectivity index (χ0n) is 11.0. The Kier molecular flexibility index (Phi) is 3.84. The van der Waals surface area contributed by atoms with Crippen molar-refractivity contribution in [2.24, 2.45) is 7.05 Å². The van der Waals surface area contributed by atoms with Gasteiger partial charge in [-0.2, -0.15) is 5.10 Å². The van der Waals surface area contributed by atoms with Crippen LogP contribution in [-0.4, -0.2) is 24.5 Å². The van der Waals surface area contributed by atoms with Crippen molar-refractivity contribution in [2.75, 3.05) is 5.32 Å². The van der Waals surface area contributed by atoms with Gasteiger partial charge >= 0.3 is 0 Å². The lowest BCUT2D eigenvalue weighted by Crippen LogP contribution is -2.25. The summed E-state index contributed by atoms with van der Waals surface area (Å²) in [5.41, 5.74) is 0.186. The van der Waals surface area contributed by atoms with Gasteiger partial charge in [-0.15, -0.1) is 10.2 Å². The number of hydrogen-bond acceptors (Lipinski definition) is 5. The first-order chi connectivity index (χ1) is 9.00. The van der Waals surface area contributed by atoms with Crippen LogP contribution in [0.5, 0.6) is 0 Å². The highest BCUT2D eigenvalue weighted by Crippen LogP contribution is 2.16. The zero-order chi connectivity index (χ0) is 14.0. The molecule has 0 aromatic carbocycles. The van der Waals surface area contributed by atoms with Crippen molar-refractivity contribution in [3.63, 3.8) is 0 Å². The maximum atomic E-state index is 12.0. The summed E-state index contributed by atoms with van der Waals surface area (Å²) in [4.78, 5) is 12.0. The van der Waals surface area contributed by atoms with Gasteiger partial charge in [0.1, 0.15) is 11.3 Å². The van der Waals surface area contributed by atoms with E-state index >= 15 is 0 Å². The van der Waals surface area contributed by atoms with Crippen molar-refractivity contribution in [3.05, 3.63) is 33.7 Å². The first kappa shape index (κ1) is 13.5. The van der Waals surface area contributed by atoms with E-state index in [4.69, 9.17) is 11.6 Å². The maximum Gasteiger partial charge on any atom is 0.287 e. The molecule has 7 nitrogen and oxygen atoms in total. The molecule has 19 heavy (non-hydrogen) atoms. The Balaban J connectivity index is 2.20. The Morgan fingerprint density at radius 2 is 2.21 bits per heavy atom. The lowest BCUT2D eigenvalue weighted by atomic mass is 10.4. The minimum Gasteiger partial charge on any atom is -0.375 e. The van der Waals surface area contributed by atoms with Gasteiger partial charge in [0.2, 0.25) is 0 Å². The van der Waals surface area contributed by atoms with Gasteiger partial charge in [-0.1, -0.05) is 11.6 Å². The third-order valence-electron chi connectivity index (χ3n) is 2.67. The second-order valence-electron chi connectivity index (χ2n) is 4.43. The van der Waals surface area contributed by atoms with Crippen LogP contribution in [0.3, 0.4) is 0 Å². The molecule has 0 atom stereocenters. The van der Waals surface area contributed by atoms with Gasteiger partial charge in [0.25, 0.3) is 5.56 Å². The summed E-state index contributed by atoms with van der Waals surface area (Å²) in [6.45, 7) is 4.16. The molecule has 8 heteroatoms. The van der Waals surface area contributed by atoms with E-state index in [0.29, 0.717) is 12.2 Å². The van der Waals surface area contributed by atoms with E-state index in [0.717, 1.165) is 5.82 Å². The average molecular weight is 283 g/mol. The van der Waals surface area contributed by atoms with Crippen molar-refractivity contribution in [3.8, 4) is 0 Å². The van der Waals surface area contributed by atoms with Crippen LogP contribution >= 0.6 is 11.6 Å². The molecular weight excluding hydrogens is 268 g/mol. The molecule has 0 aliphatic rings. The molecule has 2 aromatic rings. The van der Waals surface area contributed by atoms with E-state index in [1.807, 2.05) is 20.9 Å². The van der Waals surface area contributed by atoms with Crippen LogP contribution in [0, 0.1) is 0 Å². The molecule has 102 valence electrons. The van der Waals surface area contributed by atoms with E-state index in [-0.39, 0.29) is 16.6 Å². The fourth-order valence-electron chi connectivity index (χ4n) is 1.58. The third-order valence-corrected chi connectivity index (χ3v) is 3.04. The summed E-state index contributed by atoms with van der Waals surface area (Å²) in [5, 5.41) is 14.9. The molecule has 0 amide bonds. The number of anilines is 1. The van der Waals surface area contributed by atoms with Crippen LogP contribution in [0.15, 0.2) is 17.3 Å². The highest BCUT2D eigenvalue weighted by molar-refractivity contribution is 6.32. The number of aromatic nitrogens is 5. The molecule has 2 rings (SSSR count). The summed E-state index contributed by atoms with van der Waals surface area (Å²) in [7, 11) is 1.84. The molecule has 1 N–H and O–H groups in total. The van der Waals surface area contributed by atoms with Gasteiger partial charge in [-0.25, -0.2) is 4.68 Å². The van der Waals surface area contributed by atoms with Gasteiger partial charge in [0.05, 0.1) is 24.5 Å². The summed E-state index contributed by atoms with van der Waals surface area (Å²) < 4.78 is 3.12. The first-order valence-corrected chi connectivity index (χ1v) is 6.22. The first-order valence-electron chi connectivity index (χ1n) is 5.84. The summed E-state index contributed by atoms with van der Waals surface area (Å²) in [6.07, 6.45) is 3.15. The van der Waals surface area contributed by atoms with Crippen molar-refractivity contribution >= 4 is 17.3 Å². The van der Waals surface area contributed by atoms with Gasteiger partial charge in [0, 0.05) is 7.05 Å². The minimum atomic E-state index is -0.306. The predicted octanol–water partition coefficient (Wildman–Crippen LogP) is 1.22. The predicted molar refractivity (Wildman–Crippen MR) is 72.2 cm³/mol. The molecule has 0 saturated heterocycles. The number of halogens is 1. The van der Waals surface area contributed by atoms with E-state index < -0.39 is 0 Å². The number of hydrogen-bond donors (Lipinski definition) is 1. The highest BCUT2D eigenvalue weighted by Gasteiger charge is 2.11. The molecular formula is C11H15ClN6O. The van der Waals surface area contributed by atoms with Gasteiger partial charge in [-0.3, -0.25) is 4.79 Å². The molecule has 2 aromatic heterocycles. The van der Waals surface area contributed by atoms with E-state index in [2.05, 4.69) is 20.6 Å². The fraction of sp³-hybridized carbons (Fsp3) is 0.455. The van der Waals surface area contributed by atoms with Crippen LogP contribution in [0.2, 0.25) is 5.02 Å². The Morgan fingerprint density at radius 3 is 2.79 bits per heavy atom. The summed E-state index contributed by atoms with van der Waals surface area (Å²) in [5.74, 6) is 0.740. The molecule has 0 radical (unpaired) electrons. The maximum absolute atomic E-state index is 12.0. The number of nitrogens with zero attached hydrogens (tertiary/aromatic N) is 5. The van der Waals surface area contributed by atoms with Crippen LogP contribution in [0.25, 0.3) is 0 Å². The zero-order valence-corrected chi connectivity index (χ0v) is 11.7. The second-order valence-corrected chi connectivity index (χ2v) is 4.81. The molecule has 0 fully saturated rings. The monoisotopic (exact) mass is 282 g/mol. The van der Waals surface area contributed by atoms with E-state index in [9.17, 15) is 4.79 Å². The van der Waals surface area contributed by atoms with Gasteiger partial charge in [0.15, 0.2) is 5.82 Å². The van der Waals surface area contributed by atoms with Gasteiger partial charge in [-0.05, 0) is 13.8 Å². The lowest BCUT2D eigenvalue weighted by molar-refractivity contribution is 0.503. The quantitative estimate of drug-likeness (QED) is 0.912. The van der Waals surface area contributed by atoms with Crippen LogP contribution in [0.4, 0.5) is 5.69 Å². The number of nitrogens with one attached hydrogen (secondary N) is 1. The van der Waals surface area contributed by atoms with Crippen molar-refractivity contribution in [1.29, 1.82) is 0 Å². The van der Waals surface area contributed by atoms with Crippen molar-refractivity contribution in [1.82, 2.24) is 24.5 Å².